The second-order valence-electron chi connectivity index (χ2n) is 10.9. The standard InChI is InChI=1S/C27H36BFN7O2/c1-19(2)21-5-4-6-23(15-21)38-17-25-31-32-26(34(25)3)20-7-9-22(10-8-20)36-16-24(30-33-36)27(29)11-13-35(14-12-27)28-18-37/h4-6,15-16,18-20,22H,7-14,17H2,1-3H3. The summed E-state index contributed by atoms with van der Waals surface area (Å²) < 4.78 is 25.5. The quantitative estimate of drug-likeness (QED) is 0.310. The van der Waals surface area contributed by atoms with Gasteiger partial charge in [-0.25, -0.2) is 9.07 Å². The zero-order valence-corrected chi connectivity index (χ0v) is 22.5. The minimum absolute atomic E-state index is 0.198. The Balaban J connectivity index is 1.15. The number of piperidine rings is 1. The zero-order chi connectivity index (χ0) is 26.7. The van der Waals surface area contributed by atoms with Gasteiger partial charge in [-0.05, 0) is 75.2 Å². The third kappa shape index (κ3) is 5.67. The summed E-state index contributed by atoms with van der Waals surface area (Å²) in [7, 11) is 3.49. The predicted molar refractivity (Wildman–Crippen MR) is 142 cm³/mol. The Morgan fingerprint density at radius 1 is 1.16 bits per heavy atom. The smallest absolute Gasteiger partial charge is 0.293 e. The molecule has 2 aromatic heterocycles. The molecular weight excluding hydrogens is 484 g/mol. The van der Waals surface area contributed by atoms with Gasteiger partial charge in [-0.15, -0.1) is 15.3 Å². The van der Waals surface area contributed by atoms with Crippen molar-refractivity contribution in [3.63, 3.8) is 0 Å². The number of hydrogen-bond donors (Lipinski definition) is 0. The summed E-state index contributed by atoms with van der Waals surface area (Å²) >= 11 is 0. The van der Waals surface area contributed by atoms with Gasteiger partial charge >= 0.3 is 0 Å². The molecular formula is C27H36BFN7O2. The van der Waals surface area contributed by atoms with Gasteiger partial charge in [0.15, 0.2) is 11.5 Å². The monoisotopic (exact) mass is 520 g/mol. The van der Waals surface area contributed by atoms with Crippen molar-refractivity contribution < 1.29 is 13.9 Å². The minimum Gasteiger partial charge on any atom is -0.486 e. The van der Waals surface area contributed by atoms with Crippen LogP contribution in [0.1, 0.15) is 93.2 Å². The van der Waals surface area contributed by atoms with E-state index < -0.39 is 5.67 Å². The Morgan fingerprint density at radius 2 is 1.92 bits per heavy atom. The molecule has 0 atom stereocenters. The van der Waals surface area contributed by atoms with Gasteiger partial charge in [-0.3, -0.25) is 0 Å². The summed E-state index contributed by atoms with van der Waals surface area (Å²) in [6.45, 7) is 5.72. The molecule has 38 heavy (non-hydrogen) atoms. The topological polar surface area (TPSA) is 91.0 Å². The number of aromatic nitrogens is 6. The van der Waals surface area contributed by atoms with E-state index in [9.17, 15) is 4.79 Å². The molecule has 3 aromatic rings. The molecule has 0 bridgehead atoms. The minimum atomic E-state index is -1.49. The van der Waals surface area contributed by atoms with E-state index in [0.717, 1.165) is 49.3 Å². The molecule has 201 valence electrons. The van der Waals surface area contributed by atoms with Crippen LogP contribution in [0.3, 0.4) is 0 Å². The summed E-state index contributed by atoms with van der Waals surface area (Å²) in [6, 6.07) is 8.39. The largest absolute Gasteiger partial charge is 0.486 e. The van der Waals surface area contributed by atoms with E-state index in [0.29, 0.717) is 50.1 Å². The van der Waals surface area contributed by atoms with Gasteiger partial charge in [0.05, 0.1) is 18.4 Å². The van der Waals surface area contributed by atoms with Crippen molar-refractivity contribution in [2.24, 2.45) is 7.05 Å². The van der Waals surface area contributed by atoms with Gasteiger partial charge in [-0.2, -0.15) is 0 Å². The number of benzene rings is 1. The van der Waals surface area contributed by atoms with Crippen LogP contribution >= 0.6 is 0 Å². The molecule has 0 amide bonds. The summed E-state index contributed by atoms with van der Waals surface area (Å²) in [5.41, 5.74) is 0.163. The third-order valence-electron chi connectivity index (χ3n) is 8.16. The molecule has 2 fully saturated rings. The highest BCUT2D eigenvalue weighted by molar-refractivity contribution is 6.64. The van der Waals surface area contributed by atoms with Crippen molar-refractivity contribution in [3.8, 4) is 5.75 Å². The highest BCUT2D eigenvalue weighted by atomic mass is 19.1. The molecule has 2 aliphatic rings. The van der Waals surface area contributed by atoms with Crippen LogP contribution in [0.5, 0.6) is 5.75 Å². The third-order valence-corrected chi connectivity index (χ3v) is 8.16. The van der Waals surface area contributed by atoms with E-state index in [-0.39, 0.29) is 6.04 Å². The molecule has 3 heterocycles. The van der Waals surface area contributed by atoms with Crippen molar-refractivity contribution in [1.82, 2.24) is 34.6 Å². The number of carbonyl (C=O) groups is 1. The van der Waals surface area contributed by atoms with E-state index in [2.05, 4.69) is 51.1 Å². The molecule has 1 saturated heterocycles. The fourth-order valence-corrected chi connectivity index (χ4v) is 5.60. The van der Waals surface area contributed by atoms with E-state index in [1.165, 1.54) is 13.0 Å². The van der Waals surface area contributed by atoms with Gasteiger partial charge in [0, 0.05) is 13.0 Å². The van der Waals surface area contributed by atoms with Crippen molar-refractivity contribution in [1.29, 1.82) is 0 Å². The van der Waals surface area contributed by atoms with Gasteiger partial charge in [0.25, 0.3) is 7.41 Å². The Morgan fingerprint density at radius 3 is 2.63 bits per heavy atom. The zero-order valence-electron chi connectivity index (χ0n) is 22.5. The Labute approximate surface area is 224 Å². The highest BCUT2D eigenvalue weighted by Crippen LogP contribution is 2.39. The van der Waals surface area contributed by atoms with Gasteiger partial charge in [0.2, 0.25) is 0 Å². The number of hydrogen-bond acceptors (Lipinski definition) is 7. The van der Waals surface area contributed by atoms with Gasteiger partial charge in [0.1, 0.15) is 23.9 Å². The maximum Gasteiger partial charge on any atom is 0.293 e. The second-order valence-corrected chi connectivity index (χ2v) is 10.9. The van der Waals surface area contributed by atoms with E-state index in [4.69, 9.17) is 4.74 Å². The molecule has 1 saturated carbocycles. The summed E-state index contributed by atoms with van der Waals surface area (Å²) in [4.78, 5) is 12.5. The first-order valence-electron chi connectivity index (χ1n) is 13.6. The molecule has 1 radical (unpaired) electrons. The first-order valence-corrected chi connectivity index (χ1v) is 13.6. The van der Waals surface area contributed by atoms with Crippen LogP contribution in [-0.2, 0) is 24.1 Å². The number of ether oxygens (including phenoxy) is 1. The molecule has 1 aliphatic heterocycles. The van der Waals surface area contributed by atoms with Crippen LogP contribution in [0.2, 0.25) is 0 Å². The molecule has 1 aliphatic carbocycles. The average molecular weight is 520 g/mol. The lowest BCUT2D eigenvalue weighted by atomic mass is 9.84. The second kappa shape index (κ2) is 11.3. The van der Waals surface area contributed by atoms with Crippen LogP contribution in [0.25, 0.3) is 0 Å². The number of rotatable bonds is 9. The van der Waals surface area contributed by atoms with Crippen LogP contribution in [-0.4, -0.2) is 61.3 Å². The number of alkyl halides is 1. The van der Waals surface area contributed by atoms with E-state index in [1.54, 1.807) is 6.20 Å². The molecule has 1 aromatic carbocycles. The van der Waals surface area contributed by atoms with Crippen LogP contribution in [0.4, 0.5) is 4.39 Å². The lowest BCUT2D eigenvalue weighted by Crippen LogP contribution is -2.42. The lowest BCUT2D eigenvalue weighted by Gasteiger charge is -2.34. The summed E-state index contributed by atoms with van der Waals surface area (Å²) in [6.07, 6.45) is 6.93. The normalized spacial score (nSPS) is 21.9. The van der Waals surface area contributed by atoms with Crippen LogP contribution < -0.4 is 4.74 Å². The molecule has 0 N–H and O–H groups in total. The SMILES string of the molecule is CC(C)c1cccc(OCc2nnc(C3CCC(n4cc(C5(F)CCN([B]C=O)CC5)nn4)CC3)n2C)c1. The van der Waals surface area contributed by atoms with Crippen molar-refractivity contribution in [2.45, 2.75) is 82.5 Å². The van der Waals surface area contributed by atoms with Crippen LogP contribution in [0.15, 0.2) is 30.5 Å². The van der Waals surface area contributed by atoms with E-state index in [1.807, 2.05) is 28.7 Å². The molecule has 0 unspecified atom stereocenters. The van der Waals surface area contributed by atoms with Crippen molar-refractivity contribution >= 4 is 13.6 Å². The van der Waals surface area contributed by atoms with Gasteiger partial charge in [-0.1, -0.05) is 31.2 Å². The fourth-order valence-electron chi connectivity index (χ4n) is 5.60. The lowest BCUT2D eigenvalue weighted by molar-refractivity contribution is 0.0822. The molecule has 5 rings (SSSR count). The highest BCUT2D eigenvalue weighted by Gasteiger charge is 2.39. The number of nitrogens with zero attached hydrogens (tertiary/aromatic N) is 7. The Bertz CT molecular complexity index is 1230. The first kappa shape index (κ1) is 26.5. The van der Waals surface area contributed by atoms with Gasteiger partial charge < -0.3 is 18.9 Å². The van der Waals surface area contributed by atoms with E-state index >= 15 is 4.39 Å². The molecule has 9 nitrogen and oxygen atoms in total. The van der Waals surface area contributed by atoms with Crippen molar-refractivity contribution in [3.05, 3.63) is 53.4 Å². The average Bonchev–Trinajstić information content (AvgIpc) is 3.57. The molecule has 0 spiro atoms. The summed E-state index contributed by atoms with van der Waals surface area (Å²) in [5.74, 6) is 3.40. The van der Waals surface area contributed by atoms with Crippen LogP contribution in [0, 0.1) is 0 Å². The predicted octanol–water partition coefficient (Wildman–Crippen LogP) is 4.08. The maximum absolute atomic E-state index is 15.6. The maximum atomic E-state index is 15.6. The Kier molecular flexibility index (Phi) is 7.92. The first-order chi connectivity index (χ1) is 18.4. The number of carbonyl (C=O) groups excluding carboxylic acids is 1. The van der Waals surface area contributed by atoms with Crippen molar-refractivity contribution in [2.75, 3.05) is 13.1 Å². The Hall–Kier alpha value is -3.08. The fraction of sp³-hybridized carbons (Fsp3) is 0.593. The molecule has 11 heteroatoms. The number of halogens is 1. The summed E-state index contributed by atoms with van der Waals surface area (Å²) in [5, 5.41) is 17.4.